The smallest absolute Gasteiger partial charge is 0.323 e. The highest BCUT2D eigenvalue weighted by molar-refractivity contribution is 7.90. The SMILES string of the molecule is CC(C(=O)O)S(=O)(=O)N1CCOC(c2ccc(F)cc2)C1. The van der Waals surface area contributed by atoms with Crippen molar-refractivity contribution in [3.63, 3.8) is 0 Å². The minimum Gasteiger partial charge on any atom is -0.480 e. The first-order valence-corrected chi connectivity index (χ1v) is 7.91. The number of sulfonamides is 1. The number of ether oxygens (including phenoxy) is 1. The molecule has 6 nitrogen and oxygen atoms in total. The molecule has 0 saturated carbocycles. The highest BCUT2D eigenvalue weighted by Gasteiger charge is 2.37. The van der Waals surface area contributed by atoms with E-state index in [2.05, 4.69) is 0 Å². The van der Waals surface area contributed by atoms with Crippen molar-refractivity contribution in [3.8, 4) is 0 Å². The van der Waals surface area contributed by atoms with Gasteiger partial charge in [-0.05, 0) is 24.6 Å². The van der Waals surface area contributed by atoms with E-state index in [1.807, 2.05) is 0 Å². The Hall–Kier alpha value is -1.51. The molecule has 116 valence electrons. The van der Waals surface area contributed by atoms with Crippen LogP contribution in [0.2, 0.25) is 0 Å². The fourth-order valence-electron chi connectivity index (χ4n) is 2.09. The van der Waals surface area contributed by atoms with Gasteiger partial charge in [0.05, 0.1) is 12.7 Å². The number of morpholine rings is 1. The van der Waals surface area contributed by atoms with Crippen LogP contribution in [0.25, 0.3) is 0 Å². The number of hydrogen-bond donors (Lipinski definition) is 1. The molecular weight excluding hydrogens is 301 g/mol. The maximum Gasteiger partial charge on any atom is 0.323 e. The normalized spacial score (nSPS) is 21.9. The fourth-order valence-corrected chi connectivity index (χ4v) is 3.46. The Kier molecular flexibility index (Phi) is 4.60. The van der Waals surface area contributed by atoms with Crippen molar-refractivity contribution in [1.82, 2.24) is 4.31 Å². The number of carboxylic acids is 1. The number of halogens is 1. The van der Waals surface area contributed by atoms with E-state index in [9.17, 15) is 17.6 Å². The first-order valence-electron chi connectivity index (χ1n) is 6.41. The molecule has 2 rings (SSSR count). The van der Waals surface area contributed by atoms with Crippen LogP contribution in [0.5, 0.6) is 0 Å². The maximum absolute atomic E-state index is 12.9. The van der Waals surface area contributed by atoms with Crippen LogP contribution in [-0.2, 0) is 19.6 Å². The summed E-state index contributed by atoms with van der Waals surface area (Å²) in [5, 5.41) is 7.37. The van der Waals surface area contributed by atoms with Crippen LogP contribution < -0.4 is 0 Å². The topological polar surface area (TPSA) is 83.9 Å². The number of carbonyl (C=O) groups is 1. The van der Waals surface area contributed by atoms with E-state index >= 15 is 0 Å². The van der Waals surface area contributed by atoms with Gasteiger partial charge in [0.1, 0.15) is 5.82 Å². The maximum atomic E-state index is 12.9. The van der Waals surface area contributed by atoms with E-state index in [4.69, 9.17) is 9.84 Å². The Labute approximate surface area is 122 Å². The van der Waals surface area contributed by atoms with Crippen molar-refractivity contribution in [2.75, 3.05) is 19.7 Å². The number of carboxylic acid groups (broad SMARTS) is 1. The molecule has 1 N–H and O–H groups in total. The minimum absolute atomic E-state index is 0.0194. The molecule has 2 unspecified atom stereocenters. The van der Waals surface area contributed by atoms with Gasteiger partial charge in [-0.15, -0.1) is 0 Å². The van der Waals surface area contributed by atoms with Crippen LogP contribution in [0.1, 0.15) is 18.6 Å². The first kappa shape index (κ1) is 15.9. The number of hydrogen-bond acceptors (Lipinski definition) is 4. The summed E-state index contributed by atoms with van der Waals surface area (Å²) in [5.41, 5.74) is 0.652. The zero-order valence-electron chi connectivity index (χ0n) is 11.4. The van der Waals surface area contributed by atoms with Crippen LogP contribution >= 0.6 is 0 Å². The third kappa shape index (κ3) is 3.39. The van der Waals surface area contributed by atoms with E-state index in [1.54, 1.807) is 0 Å². The molecule has 1 saturated heterocycles. The second kappa shape index (κ2) is 6.08. The number of aliphatic carboxylic acids is 1. The van der Waals surface area contributed by atoms with Crippen LogP contribution in [0.4, 0.5) is 4.39 Å². The molecule has 8 heteroatoms. The van der Waals surface area contributed by atoms with Crippen molar-refractivity contribution in [2.24, 2.45) is 0 Å². The number of benzene rings is 1. The molecule has 1 aliphatic rings. The molecule has 0 aliphatic carbocycles. The average molecular weight is 317 g/mol. The van der Waals surface area contributed by atoms with Crippen LogP contribution in [0.15, 0.2) is 24.3 Å². The summed E-state index contributed by atoms with van der Waals surface area (Å²) in [6.07, 6.45) is -0.532. The van der Waals surface area contributed by atoms with Crippen molar-refractivity contribution < 1.29 is 27.4 Å². The van der Waals surface area contributed by atoms with Gasteiger partial charge in [-0.1, -0.05) is 12.1 Å². The van der Waals surface area contributed by atoms with Crippen LogP contribution in [0.3, 0.4) is 0 Å². The quantitative estimate of drug-likeness (QED) is 0.896. The largest absolute Gasteiger partial charge is 0.480 e. The van der Waals surface area contributed by atoms with Crippen LogP contribution in [0, 0.1) is 5.82 Å². The lowest BCUT2D eigenvalue weighted by molar-refractivity contribution is -0.136. The molecule has 1 aliphatic heterocycles. The van der Waals surface area contributed by atoms with Gasteiger partial charge in [0.15, 0.2) is 5.25 Å². The van der Waals surface area contributed by atoms with E-state index in [-0.39, 0.29) is 19.7 Å². The molecule has 21 heavy (non-hydrogen) atoms. The Bertz CT molecular complexity index is 616. The lowest BCUT2D eigenvalue weighted by atomic mass is 10.1. The first-order chi connectivity index (χ1) is 9.82. The van der Waals surface area contributed by atoms with Gasteiger partial charge in [-0.3, -0.25) is 4.79 Å². The highest BCUT2D eigenvalue weighted by atomic mass is 32.2. The van der Waals surface area contributed by atoms with E-state index < -0.39 is 33.2 Å². The summed E-state index contributed by atoms with van der Waals surface area (Å²) >= 11 is 0. The predicted molar refractivity (Wildman–Crippen MR) is 72.7 cm³/mol. The summed E-state index contributed by atoms with van der Waals surface area (Å²) < 4.78 is 43.9. The van der Waals surface area contributed by atoms with Gasteiger partial charge in [-0.2, -0.15) is 4.31 Å². The summed E-state index contributed by atoms with van der Waals surface area (Å²) in [6, 6.07) is 5.59. The summed E-state index contributed by atoms with van der Waals surface area (Å²) in [7, 11) is -3.93. The average Bonchev–Trinajstić information content (AvgIpc) is 2.47. The van der Waals surface area contributed by atoms with Gasteiger partial charge < -0.3 is 9.84 Å². The second-order valence-corrected chi connectivity index (χ2v) is 7.05. The van der Waals surface area contributed by atoms with Gasteiger partial charge in [0, 0.05) is 13.1 Å². The minimum atomic E-state index is -3.93. The number of rotatable bonds is 4. The molecule has 0 radical (unpaired) electrons. The van der Waals surface area contributed by atoms with Crippen molar-refractivity contribution in [3.05, 3.63) is 35.6 Å². The molecule has 0 bridgehead atoms. The Morgan fingerprint density at radius 1 is 1.43 bits per heavy atom. The monoisotopic (exact) mass is 317 g/mol. The van der Waals surface area contributed by atoms with Gasteiger partial charge in [0.2, 0.25) is 10.0 Å². The van der Waals surface area contributed by atoms with Crippen molar-refractivity contribution in [2.45, 2.75) is 18.3 Å². The predicted octanol–water partition coefficient (Wildman–Crippen LogP) is 1.00. The molecular formula is C13H16FNO5S. The highest BCUT2D eigenvalue weighted by Crippen LogP contribution is 2.25. The lowest BCUT2D eigenvalue weighted by Crippen LogP contribution is -2.47. The van der Waals surface area contributed by atoms with Gasteiger partial charge in [0.25, 0.3) is 0 Å². The summed E-state index contributed by atoms with van der Waals surface area (Å²) in [5.74, 6) is -1.78. The molecule has 0 spiro atoms. The zero-order valence-corrected chi connectivity index (χ0v) is 12.2. The Balaban J connectivity index is 2.17. The zero-order chi connectivity index (χ0) is 15.6. The fraction of sp³-hybridized carbons (Fsp3) is 0.462. The van der Waals surface area contributed by atoms with E-state index in [1.165, 1.54) is 24.3 Å². The Morgan fingerprint density at radius 3 is 2.62 bits per heavy atom. The summed E-state index contributed by atoms with van der Waals surface area (Å²) in [4.78, 5) is 10.9. The molecule has 0 amide bonds. The van der Waals surface area contributed by atoms with Crippen molar-refractivity contribution in [1.29, 1.82) is 0 Å². The van der Waals surface area contributed by atoms with Crippen molar-refractivity contribution >= 4 is 16.0 Å². The molecule has 1 aromatic carbocycles. The summed E-state index contributed by atoms with van der Waals surface area (Å²) in [6.45, 7) is 1.43. The molecule has 2 atom stereocenters. The lowest BCUT2D eigenvalue weighted by Gasteiger charge is -2.33. The van der Waals surface area contributed by atoms with E-state index in [0.29, 0.717) is 5.56 Å². The molecule has 1 aromatic rings. The Morgan fingerprint density at radius 2 is 2.05 bits per heavy atom. The standard InChI is InChI=1S/C13H16FNO5S/c1-9(13(16)17)21(18,19)15-6-7-20-12(8-15)10-2-4-11(14)5-3-10/h2-5,9,12H,6-8H2,1H3,(H,16,17). The van der Waals surface area contributed by atoms with Gasteiger partial charge in [-0.25, -0.2) is 12.8 Å². The van der Waals surface area contributed by atoms with Gasteiger partial charge >= 0.3 is 5.97 Å². The molecule has 1 fully saturated rings. The third-order valence-corrected chi connectivity index (χ3v) is 5.57. The molecule has 0 aromatic heterocycles. The third-order valence-electron chi connectivity index (χ3n) is 3.43. The number of nitrogens with zero attached hydrogens (tertiary/aromatic N) is 1. The van der Waals surface area contributed by atoms with E-state index in [0.717, 1.165) is 11.2 Å². The second-order valence-electron chi connectivity index (χ2n) is 4.79. The van der Waals surface area contributed by atoms with Crippen LogP contribution in [-0.4, -0.2) is 48.7 Å². The molecule has 1 heterocycles.